The smallest absolute Gasteiger partial charge is 0.225 e. The minimum atomic E-state index is -0.348. The second kappa shape index (κ2) is 9.25. The molecular weight excluding hydrogens is 361 g/mol. The van der Waals surface area contributed by atoms with E-state index in [0.717, 1.165) is 0 Å². The van der Waals surface area contributed by atoms with Crippen LogP contribution in [0.4, 0.5) is 10.3 Å². The van der Waals surface area contributed by atoms with Crippen LogP contribution in [0.15, 0.2) is 42.7 Å². The third kappa shape index (κ3) is 5.03. The van der Waals surface area contributed by atoms with Crippen LogP contribution in [0.1, 0.15) is 18.9 Å². The lowest BCUT2D eigenvalue weighted by atomic mass is 10.2. The molecule has 1 aliphatic heterocycles. The molecular formula is C20H24FN5O2. The molecule has 3 rings (SSSR count). The van der Waals surface area contributed by atoms with Gasteiger partial charge in [-0.25, -0.2) is 14.4 Å². The second-order valence-electron chi connectivity index (χ2n) is 6.70. The Morgan fingerprint density at radius 1 is 1.07 bits per heavy atom. The second-order valence-corrected chi connectivity index (χ2v) is 6.70. The lowest BCUT2D eigenvalue weighted by Crippen LogP contribution is -2.49. The van der Waals surface area contributed by atoms with Gasteiger partial charge in [0, 0.05) is 70.6 Å². The van der Waals surface area contributed by atoms with E-state index in [1.165, 1.54) is 17.9 Å². The van der Waals surface area contributed by atoms with Crippen molar-refractivity contribution >= 4 is 17.8 Å². The van der Waals surface area contributed by atoms with Crippen molar-refractivity contribution in [2.45, 2.75) is 19.9 Å². The van der Waals surface area contributed by atoms with E-state index in [9.17, 15) is 14.0 Å². The first kappa shape index (κ1) is 19.7. The van der Waals surface area contributed by atoms with Gasteiger partial charge >= 0.3 is 0 Å². The zero-order valence-electron chi connectivity index (χ0n) is 15.9. The molecule has 0 saturated carbocycles. The maximum atomic E-state index is 13.9. The first-order valence-electron chi connectivity index (χ1n) is 9.33. The fourth-order valence-corrected chi connectivity index (χ4v) is 3.18. The molecule has 7 nitrogen and oxygen atoms in total. The number of amides is 2. The molecule has 0 radical (unpaired) electrons. The number of carbonyl (C=O) groups is 2. The van der Waals surface area contributed by atoms with Gasteiger partial charge in [0.25, 0.3) is 0 Å². The van der Waals surface area contributed by atoms with Crippen LogP contribution in [0, 0.1) is 5.82 Å². The largest absolute Gasteiger partial charge is 0.339 e. The molecule has 1 aliphatic rings. The van der Waals surface area contributed by atoms with E-state index in [2.05, 4.69) is 9.97 Å². The van der Waals surface area contributed by atoms with Crippen molar-refractivity contribution in [1.82, 2.24) is 19.8 Å². The molecule has 0 spiro atoms. The predicted octanol–water partition coefficient (Wildman–Crippen LogP) is 1.70. The Kier molecular flexibility index (Phi) is 6.52. The Bertz CT molecular complexity index is 809. The molecule has 1 aromatic carbocycles. The van der Waals surface area contributed by atoms with Gasteiger partial charge in [-0.1, -0.05) is 18.2 Å². The number of piperazine rings is 1. The van der Waals surface area contributed by atoms with E-state index in [0.29, 0.717) is 37.7 Å². The van der Waals surface area contributed by atoms with E-state index >= 15 is 0 Å². The van der Waals surface area contributed by atoms with Crippen molar-refractivity contribution < 1.29 is 14.0 Å². The van der Waals surface area contributed by atoms with Gasteiger partial charge in [0.05, 0.1) is 0 Å². The summed E-state index contributed by atoms with van der Waals surface area (Å²) < 4.78 is 13.9. The molecule has 1 fully saturated rings. The zero-order chi connectivity index (χ0) is 19.9. The number of hydrogen-bond donors (Lipinski definition) is 0. The lowest BCUT2D eigenvalue weighted by molar-refractivity contribution is -0.134. The number of benzene rings is 1. The fraction of sp³-hybridized carbons (Fsp3) is 0.400. The highest BCUT2D eigenvalue weighted by molar-refractivity contribution is 5.78. The maximum Gasteiger partial charge on any atom is 0.225 e. The van der Waals surface area contributed by atoms with Gasteiger partial charge < -0.3 is 14.7 Å². The first-order chi connectivity index (χ1) is 13.5. The molecule has 0 N–H and O–H groups in total. The van der Waals surface area contributed by atoms with Crippen molar-refractivity contribution in [3.63, 3.8) is 0 Å². The van der Waals surface area contributed by atoms with Crippen molar-refractivity contribution in [3.8, 4) is 0 Å². The van der Waals surface area contributed by atoms with Crippen LogP contribution in [0.25, 0.3) is 0 Å². The van der Waals surface area contributed by atoms with Gasteiger partial charge in [0.2, 0.25) is 17.8 Å². The summed E-state index contributed by atoms with van der Waals surface area (Å²) >= 11 is 0. The van der Waals surface area contributed by atoms with E-state index < -0.39 is 0 Å². The van der Waals surface area contributed by atoms with Crippen molar-refractivity contribution in [2.24, 2.45) is 0 Å². The summed E-state index contributed by atoms with van der Waals surface area (Å²) in [6.45, 7) is 4.38. The van der Waals surface area contributed by atoms with Crippen molar-refractivity contribution in [3.05, 3.63) is 54.1 Å². The number of hydrogen-bond acceptors (Lipinski definition) is 5. The highest BCUT2D eigenvalue weighted by atomic mass is 19.1. The Hall–Kier alpha value is -3.03. The highest BCUT2D eigenvalue weighted by Gasteiger charge is 2.23. The number of anilines is 1. The number of aromatic nitrogens is 2. The Morgan fingerprint density at radius 3 is 2.39 bits per heavy atom. The minimum Gasteiger partial charge on any atom is -0.339 e. The molecule has 1 aromatic heterocycles. The molecule has 2 amide bonds. The Balaban J connectivity index is 1.50. The van der Waals surface area contributed by atoms with Crippen molar-refractivity contribution in [2.75, 3.05) is 37.6 Å². The number of halogens is 1. The summed E-state index contributed by atoms with van der Waals surface area (Å²) in [7, 11) is 0. The lowest BCUT2D eigenvalue weighted by Gasteiger charge is -2.35. The number of nitrogens with zero attached hydrogens (tertiary/aromatic N) is 5. The molecule has 2 heterocycles. The molecule has 0 unspecified atom stereocenters. The van der Waals surface area contributed by atoms with Crippen LogP contribution < -0.4 is 4.90 Å². The topological polar surface area (TPSA) is 69.6 Å². The summed E-state index contributed by atoms with van der Waals surface area (Å²) in [6, 6.07) is 8.14. The van der Waals surface area contributed by atoms with Gasteiger partial charge in [-0.3, -0.25) is 9.59 Å². The van der Waals surface area contributed by atoms with Crippen LogP contribution in [-0.2, 0) is 16.1 Å². The number of rotatable bonds is 6. The highest BCUT2D eigenvalue weighted by Crippen LogP contribution is 2.13. The summed E-state index contributed by atoms with van der Waals surface area (Å²) in [4.78, 5) is 38.3. The SMILES string of the molecule is CC(=O)N(CCC(=O)N1CCN(c2ncccn2)CC1)Cc1ccccc1F. The Labute approximate surface area is 163 Å². The summed E-state index contributed by atoms with van der Waals surface area (Å²) in [6.07, 6.45) is 3.62. The molecule has 28 heavy (non-hydrogen) atoms. The monoisotopic (exact) mass is 385 g/mol. The maximum absolute atomic E-state index is 13.9. The Morgan fingerprint density at radius 2 is 1.75 bits per heavy atom. The van der Waals surface area contributed by atoms with Crippen LogP contribution in [0.2, 0.25) is 0 Å². The van der Waals surface area contributed by atoms with Crippen LogP contribution >= 0.6 is 0 Å². The predicted molar refractivity (Wildman–Crippen MR) is 103 cm³/mol. The van der Waals surface area contributed by atoms with Crippen LogP contribution in [-0.4, -0.2) is 64.3 Å². The van der Waals surface area contributed by atoms with Gasteiger partial charge in [-0.15, -0.1) is 0 Å². The molecule has 1 saturated heterocycles. The summed E-state index contributed by atoms with van der Waals surface area (Å²) in [5, 5.41) is 0. The first-order valence-corrected chi connectivity index (χ1v) is 9.33. The molecule has 148 valence electrons. The average Bonchev–Trinajstić information content (AvgIpc) is 2.72. The molecule has 8 heteroatoms. The zero-order valence-corrected chi connectivity index (χ0v) is 15.9. The quantitative estimate of drug-likeness (QED) is 0.757. The normalized spacial score (nSPS) is 14.1. The molecule has 2 aromatic rings. The summed E-state index contributed by atoms with van der Waals surface area (Å²) in [5.74, 6) is 0.136. The van der Waals surface area contributed by atoms with Gasteiger partial charge in [-0.2, -0.15) is 0 Å². The number of carbonyl (C=O) groups excluding carboxylic acids is 2. The fourth-order valence-electron chi connectivity index (χ4n) is 3.18. The van der Waals surface area contributed by atoms with Gasteiger partial charge in [0.15, 0.2) is 0 Å². The van der Waals surface area contributed by atoms with E-state index in [4.69, 9.17) is 0 Å². The van der Waals surface area contributed by atoms with E-state index in [1.54, 1.807) is 41.6 Å². The third-order valence-corrected chi connectivity index (χ3v) is 4.83. The molecule has 0 atom stereocenters. The summed E-state index contributed by atoms with van der Waals surface area (Å²) in [5.41, 5.74) is 0.446. The molecule has 0 aliphatic carbocycles. The average molecular weight is 385 g/mol. The third-order valence-electron chi connectivity index (χ3n) is 4.83. The van der Waals surface area contributed by atoms with Crippen LogP contribution in [0.3, 0.4) is 0 Å². The van der Waals surface area contributed by atoms with Crippen molar-refractivity contribution in [1.29, 1.82) is 0 Å². The van der Waals surface area contributed by atoms with E-state index in [1.807, 2.05) is 4.90 Å². The molecule has 0 bridgehead atoms. The van der Waals surface area contributed by atoms with Gasteiger partial charge in [0.1, 0.15) is 5.82 Å². The van der Waals surface area contributed by atoms with E-state index in [-0.39, 0.29) is 37.1 Å². The van der Waals surface area contributed by atoms with Crippen LogP contribution in [0.5, 0.6) is 0 Å². The van der Waals surface area contributed by atoms with Gasteiger partial charge in [-0.05, 0) is 12.1 Å². The minimum absolute atomic E-state index is 0.00610. The standard InChI is InChI=1S/C20H24FN5O2/c1-16(27)26(15-17-5-2-3-6-18(17)21)10-7-19(28)24-11-13-25(14-12-24)20-22-8-4-9-23-20/h2-6,8-9H,7,10-15H2,1H3.